The van der Waals surface area contributed by atoms with Gasteiger partial charge in [0.25, 0.3) is 0 Å². The van der Waals surface area contributed by atoms with E-state index in [1.54, 1.807) is 6.07 Å². The Morgan fingerprint density at radius 2 is 2.14 bits per heavy atom. The molecule has 0 unspecified atom stereocenters. The second-order valence-electron chi connectivity index (χ2n) is 3.20. The lowest BCUT2D eigenvalue weighted by atomic mass is 10.2. The lowest BCUT2D eigenvalue weighted by Crippen LogP contribution is -1.89. The van der Waals surface area contributed by atoms with Gasteiger partial charge in [-0.05, 0) is 31.5 Å². The highest BCUT2D eigenvalue weighted by atomic mass is 32.1. The van der Waals surface area contributed by atoms with Crippen LogP contribution in [0.15, 0.2) is 12.1 Å². The molecule has 0 amide bonds. The zero-order valence-corrected chi connectivity index (χ0v) is 8.68. The summed E-state index contributed by atoms with van der Waals surface area (Å²) in [5, 5.41) is 9.72. The molecule has 0 saturated heterocycles. The summed E-state index contributed by atoms with van der Waals surface area (Å²) in [6.45, 7) is 3.90. The Hall–Kier alpha value is -1.42. The molecule has 0 fully saturated rings. The molecule has 2 aromatic rings. The molecule has 3 nitrogen and oxygen atoms in total. The van der Waals surface area contributed by atoms with Gasteiger partial charge in [0.15, 0.2) is 0 Å². The molecule has 2 aromatic heterocycles. The second kappa shape index (κ2) is 3.06. The van der Waals surface area contributed by atoms with E-state index in [4.69, 9.17) is 5.11 Å². The molecule has 0 spiro atoms. The van der Waals surface area contributed by atoms with Crippen LogP contribution in [0.25, 0.3) is 10.2 Å². The molecular formula is C10H9NO2S. The number of rotatable bonds is 1. The van der Waals surface area contributed by atoms with Gasteiger partial charge in [0.1, 0.15) is 9.71 Å². The van der Waals surface area contributed by atoms with E-state index >= 15 is 0 Å². The van der Waals surface area contributed by atoms with Crippen molar-refractivity contribution in [3.8, 4) is 0 Å². The monoisotopic (exact) mass is 207 g/mol. The summed E-state index contributed by atoms with van der Waals surface area (Å²) < 4.78 is 0. The van der Waals surface area contributed by atoms with Gasteiger partial charge in [0.2, 0.25) is 0 Å². The molecular weight excluding hydrogens is 198 g/mol. The highest BCUT2D eigenvalue weighted by Crippen LogP contribution is 2.25. The van der Waals surface area contributed by atoms with E-state index in [9.17, 15) is 4.79 Å². The van der Waals surface area contributed by atoms with Crippen LogP contribution in [0.1, 0.15) is 20.9 Å². The first-order chi connectivity index (χ1) is 6.58. The minimum atomic E-state index is -0.886. The van der Waals surface area contributed by atoms with E-state index in [0.717, 1.165) is 21.5 Å². The van der Waals surface area contributed by atoms with E-state index in [1.165, 1.54) is 11.3 Å². The predicted molar refractivity (Wildman–Crippen MR) is 56.1 cm³/mol. The first-order valence-corrected chi connectivity index (χ1v) is 5.00. The van der Waals surface area contributed by atoms with E-state index in [1.807, 2.05) is 19.9 Å². The number of aromatic carboxylic acids is 1. The van der Waals surface area contributed by atoms with Gasteiger partial charge >= 0.3 is 5.97 Å². The Labute approximate surface area is 85.0 Å². The summed E-state index contributed by atoms with van der Waals surface area (Å²) in [5.41, 5.74) is 2.04. The molecule has 72 valence electrons. The molecule has 0 aliphatic rings. The number of carboxylic acid groups (broad SMARTS) is 1. The molecule has 0 bridgehead atoms. The van der Waals surface area contributed by atoms with Crippen molar-refractivity contribution < 1.29 is 9.90 Å². The van der Waals surface area contributed by atoms with Crippen molar-refractivity contribution in [1.29, 1.82) is 0 Å². The summed E-state index contributed by atoms with van der Waals surface area (Å²) in [7, 11) is 0. The van der Waals surface area contributed by atoms with E-state index in [2.05, 4.69) is 4.98 Å². The minimum absolute atomic E-state index is 0.345. The molecule has 14 heavy (non-hydrogen) atoms. The van der Waals surface area contributed by atoms with Crippen LogP contribution in [-0.4, -0.2) is 16.1 Å². The molecule has 0 aromatic carbocycles. The largest absolute Gasteiger partial charge is 0.477 e. The van der Waals surface area contributed by atoms with Crippen LogP contribution in [0.3, 0.4) is 0 Å². The number of hydrogen-bond acceptors (Lipinski definition) is 3. The van der Waals surface area contributed by atoms with Gasteiger partial charge in [0, 0.05) is 11.1 Å². The number of aromatic nitrogens is 1. The van der Waals surface area contributed by atoms with Gasteiger partial charge in [-0.2, -0.15) is 0 Å². The Bertz CT molecular complexity index is 477. The minimum Gasteiger partial charge on any atom is -0.477 e. The maximum absolute atomic E-state index is 10.7. The van der Waals surface area contributed by atoms with Crippen molar-refractivity contribution in [2.45, 2.75) is 13.8 Å². The molecule has 2 rings (SSSR count). The van der Waals surface area contributed by atoms with Crippen LogP contribution in [0.5, 0.6) is 0 Å². The number of fused-ring (bicyclic) bond motifs is 1. The summed E-state index contributed by atoms with van der Waals surface area (Å²) in [4.78, 5) is 16.2. The molecule has 2 heterocycles. The zero-order chi connectivity index (χ0) is 10.3. The van der Waals surface area contributed by atoms with Crippen molar-refractivity contribution in [3.05, 3.63) is 28.3 Å². The lowest BCUT2D eigenvalue weighted by molar-refractivity contribution is 0.0702. The summed E-state index contributed by atoms with van der Waals surface area (Å²) in [6, 6.07) is 3.64. The van der Waals surface area contributed by atoms with E-state index < -0.39 is 5.97 Å². The van der Waals surface area contributed by atoms with Gasteiger partial charge < -0.3 is 5.11 Å². The molecule has 1 N–H and O–H groups in total. The number of thiophene rings is 1. The number of nitrogens with zero attached hydrogens (tertiary/aromatic N) is 1. The number of carboxylic acids is 1. The normalized spacial score (nSPS) is 10.7. The highest BCUT2D eigenvalue weighted by molar-refractivity contribution is 7.20. The van der Waals surface area contributed by atoms with Crippen molar-refractivity contribution >= 4 is 27.5 Å². The first kappa shape index (κ1) is 9.15. The van der Waals surface area contributed by atoms with E-state index in [0.29, 0.717) is 4.88 Å². The van der Waals surface area contributed by atoms with Gasteiger partial charge in [-0.1, -0.05) is 0 Å². The van der Waals surface area contributed by atoms with Crippen LogP contribution in [0.2, 0.25) is 0 Å². The average molecular weight is 207 g/mol. The SMILES string of the molecule is Cc1cc2cc(C(=O)O)sc2nc1C. The van der Waals surface area contributed by atoms with Crippen molar-refractivity contribution in [2.24, 2.45) is 0 Å². The quantitative estimate of drug-likeness (QED) is 0.782. The standard InChI is InChI=1S/C10H9NO2S/c1-5-3-7-4-8(10(12)13)14-9(7)11-6(5)2/h3-4H,1-2H3,(H,12,13). The second-order valence-corrected chi connectivity index (χ2v) is 4.23. The van der Waals surface area contributed by atoms with Crippen molar-refractivity contribution in [1.82, 2.24) is 4.98 Å². The van der Waals surface area contributed by atoms with Crippen LogP contribution in [0, 0.1) is 13.8 Å². The number of pyridine rings is 1. The molecule has 0 radical (unpaired) electrons. The Balaban J connectivity index is 2.72. The van der Waals surface area contributed by atoms with Crippen LogP contribution >= 0.6 is 11.3 Å². The fourth-order valence-corrected chi connectivity index (χ4v) is 2.17. The summed E-state index contributed by atoms with van der Waals surface area (Å²) >= 11 is 1.22. The Morgan fingerprint density at radius 1 is 1.43 bits per heavy atom. The van der Waals surface area contributed by atoms with Crippen LogP contribution in [0.4, 0.5) is 0 Å². The summed E-state index contributed by atoms with van der Waals surface area (Å²) in [5.74, 6) is -0.886. The van der Waals surface area contributed by atoms with Gasteiger partial charge in [-0.15, -0.1) is 11.3 Å². The average Bonchev–Trinajstić information content (AvgIpc) is 2.48. The van der Waals surface area contributed by atoms with Crippen molar-refractivity contribution in [2.75, 3.05) is 0 Å². The zero-order valence-electron chi connectivity index (χ0n) is 7.87. The number of aryl methyl sites for hydroxylation is 2. The summed E-state index contributed by atoms with van der Waals surface area (Å²) in [6.07, 6.45) is 0. The molecule has 4 heteroatoms. The fraction of sp³-hybridized carbons (Fsp3) is 0.200. The maximum atomic E-state index is 10.7. The molecule has 0 saturated carbocycles. The number of carbonyl (C=O) groups is 1. The van der Waals surface area contributed by atoms with Crippen LogP contribution < -0.4 is 0 Å². The van der Waals surface area contributed by atoms with Crippen molar-refractivity contribution in [3.63, 3.8) is 0 Å². The smallest absolute Gasteiger partial charge is 0.345 e. The predicted octanol–water partition coefficient (Wildman–Crippen LogP) is 2.61. The third kappa shape index (κ3) is 1.37. The highest BCUT2D eigenvalue weighted by Gasteiger charge is 2.09. The van der Waals surface area contributed by atoms with Gasteiger partial charge in [-0.3, -0.25) is 0 Å². The third-order valence-corrected chi connectivity index (χ3v) is 3.20. The fourth-order valence-electron chi connectivity index (χ4n) is 1.27. The van der Waals surface area contributed by atoms with E-state index in [-0.39, 0.29) is 0 Å². The molecule has 0 aliphatic heterocycles. The maximum Gasteiger partial charge on any atom is 0.345 e. The Morgan fingerprint density at radius 3 is 2.79 bits per heavy atom. The van der Waals surface area contributed by atoms with Gasteiger partial charge in [-0.25, -0.2) is 9.78 Å². The third-order valence-electron chi connectivity index (χ3n) is 2.16. The Kier molecular flexibility index (Phi) is 2.00. The molecule has 0 atom stereocenters. The lowest BCUT2D eigenvalue weighted by Gasteiger charge is -1.96. The number of hydrogen-bond donors (Lipinski definition) is 1. The molecule has 0 aliphatic carbocycles. The topological polar surface area (TPSA) is 50.2 Å². The van der Waals surface area contributed by atoms with Gasteiger partial charge in [0.05, 0.1) is 0 Å². The first-order valence-electron chi connectivity index (χ1n) is 4.19. The van der Waals surface area contributed by atoms with Crippen LogP contribution in [-0.2, 0) is 0 Å².